The molecule has 1 atom stereocenters. The van der Waals surface area contributed by atoms with E-state index in [1.165, 1.54) is 21.2 Å². The number of carbonyl (C=O) groups is 5. The van der Waals surface area contributed by atoms with Crippen LogP contribution in [0.25, 0.3) is 0 Å². The molecule has 4 rings (SSSR count). The molecule has 4 aromatic rings. The van der Waals surface area contributed by atoms with Gasteiger partial charge in [-0.3, -0.25) is 24.0 Å². The van der Waals surface area contributed by atoms with Gasteiger partial charge in [0.05, 0.1) is 6.54 Å². The molecule has 0 aliphatic rings. The lowest BCUT2D eigenvalue weighted by Crippen LogP contribution is -2.51. The molecule has 3 N–H and O–H groups in total. The first kappa shape index (κ1) is 43.8. The quantitative estimate of drug-likeness (QED) is 0.0902. The molecule has 0 heterocycles. The van der Waals surface area contributed by atoms with Crippen LogP contribution in [0.15, 0.2) is 121 Å². The van der Waals surface area contributed by atoms with Gasteiger partial charge in [-0.05, 0) is 76.6 Å². The van der Waals surface area contributed by atoms with Crippen LogP contribution in [-0.2, 0) is 28.7 Å². The maximum Gasteiger partial charge on any atom is 0.325 e. The van der Waals surface area contributed by atoms with E-state index in [-0.39, 0.29) is 37.6 Å². The fourth-order valence-electron chi connectivity index (χ4n) is 5.95. The minimum absolute atomic E-state index is 0.0127. The summed E-state index contributed by atoms with van der Waals surface area (Å²) < 4.78 is 5.33. The first-order valence-electron chi connectivity index (χ1n) is 19.0. The van der Waals surface area contributed by atoms with Crippen LogP contribution in [0, 0.1) is 0 Å². The Morgan fingerprint density at radius 1 is 0.625 bits per heavy atom. The Bertz CT molecular complexity index is 1680. The van der Waals surface area contributed by atoms with E-state index < -0.39 is 51.8 Å². The molecular formula is C44H54N4O6P2. The molecule has 0 fully saturated rings. The van der Waals surface area contributed by atoms with Gasteiger partial charge in [0.2, 0.25) is 23.6 Å². The van der Waals surface area contributed by atoms with Crippen molar-refractivity contribution in [2.24, 2.45) is 0 Å². The first-order valence-corrected chi connectivity index (χ1v) is 22.1. The molecule has 0 saturated carbocycles. The second-order valence-corrected chi connectivity index (χ2v) is 18.8. The molecular weight excluding hydrogens is 742 g/mol. The molecule has 296 valence electrons. The van der Waals surface area contributed by atoms with Crippen molar-refractivity contribution in [3.63, 3.8) is 0 Å². The molecule has 0 bridgehead atoms. The number of carbonyl (C=O) groups excluding carboxylic acids is 5. The van der Waals surface area contributed by atoms with E-state index in [1.807, 2.05) is 77.7 Å². The zero-order chi connectivity index (χ0) is 40.3. The van der Waals surface area contributed by atoms with Gasteiger partial charge in [0.1, 0.15) is 18.2 Å². The molecule has 0 unspecified atom stereocenters. The smallest absolute Gasteiger partial charge is 0.325 e. The number of rotatable bonds is 20. The second-order valence-electron chi connectivity index (χ2n) is 14.1. The van der Waals surface area contributed by atoms with Gasteiger partial charge in [0.25, 0.3) is 0 Å². The van der Waals surface area contributed by atoms with Gasteiger partial charge >= 0.3 is 5.97 Å². The molecule has 56 heavy (non-hydrogen) atoms. The average molecular weight is 797 g/mol. The summed E-state index contributed by atoms with van der Waals surface area (Å²) >= 11 is 0. The Labute approximate surface area is 333 Å². The van der Waals surface area contributed by atoms with E-state index in [1.54, 1.807) is 27.7 Å². The van der Waals surface area contributed by atoms with E-state index in [0.717, 1.165) is 12.3 Å². The minimum atomic E-state index is -1.13. The normalized spacial score (nSPS) is 11.8. The van der Waals surface area contributed by atoms with Crippen molar-refractivity contribution in [2.45, 2.75) is 58.6 Å². The Hall–Kier alpha value is -4.91. The van der Waals surface area contributed by atoms with E-state index in [9.17, 15) is 24.0 Å². The Morgan fingerprint density at radius 3 is 1.45 bits per heavy atom. The number of amides is 4. The van der Waals surface area contributed by atoms with Crippen LogP contribution in [0.1, 0.15) is 47.0 Å². The van der Waals surface area contributed by atoms with Gasteiger partial charge in [-0.2, -0.15) is 0 Å². The maximum absolute atomic E-state index is 14.4. The van der Waals surface area contributed by atoms with Crippen molar-refractivity contribution in [1.29, 1.82) is 0 Å². The number of ether oxygens (including phenoxy) is 1. The number of nitrogens with zero attached hydrogens (tertiary/aromatic N) is 1. The largest absolute Gasteiger partial charge is 0.459 e. The third kappa shape index (κ3) is 15.0. The van der Waals surface area contributed by atoms with Crippen molar-refractivity contribution in [2.75, 3.05) is 38.5 Å². The summed E-state index contributed by atoms with van der Waals surface area (Å²) in [4.78, 5) is 66.8. The van der Waals surface area contributed by atoms with Crippen LogP contribution < -0.4 is 37.2 Å². The topological polar surface area (TPSA) is 134 Å². The van der Waals surface area contributed by atoms with Crippen LogP contribution >= 0.6 is 15.8 Å². The SMILES string of the molecule is CCC(=O)NCC(=O)N[C@@H](CCC(=O)N(CCP(c1ccccc1)c1ccccc1)CCP(c1ccccc1)c1ccccc1)C(=O)NCC(=O)OC(C)(C)C. The summed E-state index contributed by atoms with van der Waals surface area (Å²) in [5, 5.41) is 12.6. The van der Waals surface area contributed by atoms with E-state index in [4.69, 9.17) is 4.74 Å². The summed E-state index contributed by atoms with van der Waals surface area (Å²) in [6.45, 7) is 7.10. The molecule has 0 aliphatic heterocycles. The fourth-order valence-corrected chi connectivity index (χ4v) is 10.6. The molecule has 12 heteroatoms. The lowest BCUT2D eigenvalue weighted by molar-refractivity contribution is -0.154. The molecule has 4 aromatic carbocycles. The van der Waals surface area contributed by atoms with E-state index in [2.05, 4.69) is 64.5 Å². The van der Waals surface area contributed by atoms with Gasteiger partial charge in [0.15, 0.2) is 0 Å². The van der Waals surface area contributed by atoms with Crippen molar-refractivity contribution in [1.82, 2.24) is 20.9 Å². The van der Waals surface area contributed by atoms with Crippen molar-refractivity contribution in [3.05, 3.63) is 121 Å². The van der Waals surface area contributed by atoms with Crippen LogP contribution in [-0.4, -0.2) is 84.6 Å². The summed E-state index contributed by atoms with van der Waals surface area (Å²) in [5.41, 5.74) is -0.745. The molecule has 0 aromatic heterocycles. The van der Waals surface area contributed by atoms with Crippen LogP contribution in [0.2, 0.25) is 0 Å². The third-order valence-corrected chi connectivity index (χ3v) is 13.7. The highest BCUT2D eigenvalue weighted by Crippen LogP contribution is 2.35. The standard InChI is InChI=1S/C44H54N4O6P2/c1-5-39(49)45-32-40(50)47-38(43(53)46-33-42(52)54-44(2,3)4)26-27-41(51)48(28-30-55(34-18-10-6-11-19-34)35-20-12-7-13-21-35)29-31-56(36-22-14-8-15-23-36)37-24-16-9-17-25-37/h6-25,38H,5,26-33H2,1-4H3,(H,45,49)(H,46,53)(H,47,50)/t38-/m0/s1. The predicted octanol–water partition coefficient (Wildman–Crippen LogP) is 4.33. The average Bonchev–Trinajstić information content (AvgIpc) is 3.20. The van der Waals surface area contributed by atoms with Crippen molar-refractivity contribution >= 4 is 66.7 Å². The fraction of sp³-hybridized carbons (Fsp3) is 0.341. The first-order chi connectivity index (χ1) is 26.9. The highest BCUT2D eigenvalue weighted by atomic mass is 31.1. The minimum Gasteiger partial charge on any atom is -0.459 e. The highest BCUT2D eigenvalue weighted by molar-refractivity contribution is 7.73. The predicted molar refractivity (Wildman–Crippen MR) is 228 cm³/mol. The van der Waals surface area contributed by atoms with Crippen molar-refractivity contribution in [3.8, 4) is 0 Å². The number of esters is 1. The Kier molecular flexibility index (Phi) is 17.7. The molecule has 0 aliphatic carbocycles. The molecule has 0 spiro atoms. The maximum atomic E-state index is 14.4. The molecule has 0 radical (unpaired) electrons. The summed E-state index contributed by atoms with van der Waals surface area (Å²) in [5.74, 6) is -2.29. The van der Waals surface area contributed by atoms with E-state index >= 15 is 0 Å². The number of hydrogen-bond acceptors (Lipinski definition) is 6. The van der Waals surface area contributed by atoms with Crippen molar-refractivity contribution < 1.29 is 28.7 Å². The van der Waals surface area contributed by atoms with E-state index in [0.29, 0.717) is 13.1 Å². The van der Waals surface area contributed by atoms with Gasteiger partial charge in [-0.25, -0.2) is 0 Å². The lowest BCUT2D eigenvalue weighted by Gasteiger charge is -2.29. The zero-order valence-electron chi connectivity index (χ0n) is 32.8. The van der Waals surface area contributed by atoms with Crippen LogP contribution in [0.3, 0.4) is 0 Å². The number of hydrogen-bond donors (Lipinski definition) is 3. The molecule has 0 saturated heterocycles. The Morgan fingerprint density at radius 2 is 1.05 bits per heavy atom. The third-order valence-electron chi connectivity index (χ3n) is 8.70. The molecule has 4 amide bonds. The monoisotopic (exact) mass is 796 g/mol. The highest BCUT2D eigenvalue weighted by Gasteiger charge is 2.27. The van der Waals surface area contributed by atoms with Gasteiger partial charge in [-0.1, -0.05) is 128 Å². The van der Waals surface area contributed by atoms with Crippen LogP contribution in [0.5, 0.6) is 0 Å². The lowest BCUT2D eigenvalue weighted by atomic mass is 10.1. The summed E-state index contributed by atoms with van der Waals surface area (Å²) in [6, 6.07) is 40.3. The van der Waals surface area contributed by atoms with Gasteiger partial charge in [-0.15, -0.1) is 0 Å². The second kappa shape index (κ2) is 22.6. The number of nitrogens with one attached hydrogen (secondary N) is 3. The van der Waals surface area contributed by atoms with Gasteiger partial charge in [0, 0.05) is 25.9 Å². The van der Waals surface area contributed by atoms with Gasteiger partial charge < -0.3 is 25.6 Å². The Balaban J connectivity index is 1.57. The molecule has 10 nitrogen and oxygen atoms in total. The zero-order valence-corrected chi connectivity index (χ0v) is 34.6. The summed E-state index contributed by atoms with van der Waals surface area (Å²) in [7, 11) is -1.57. The summed E-state index contributed by atoms with van der Waals surface area (Å²) in [6.07, 6.45) is 1.62. The van der Waals surface area contributed by atoms with Crippen LogP contribution in [0.4, 0.5) is 0 Å². The number of benzene rings is 4.